The third kappa shape index (κ3) is 4.04. The monoisotopic (exact) mass is 358 g/mol. The fourth-order valence-corrected chi connectivity index (χ4v) is 3.05. The van der Waals surface area contributed by atoms with Crippen LogP contribution in [0.3, 0.4) is 0 Å². The molecule has 0 N–H and O–H groups in total. The number of nitrogens with zero attached hydrogens (tertiary/aromatic N) is 4. The van der Waals surface area contributed by atoms with Gasteiger partial charge in [-0.2, -0.15) is 0 Å². The van der Waals surface area contributed by atoms with E-state index in [1.807, 2.05) is 38.1 Å². The van der Waals surface area contributed by atoms with Gasteiger partial charge in [-0.3, -0.25) is 9.78 Å². The van der Waals surface area contributed by atoms with Crippen LogP contribution in [0.2, 0.25) is 0 Å². The Kier molecular flexibility index (Phi) is 5.56. The molecule has 2 aromatic heterocycles. The van der Waals surface area contributed by atoms with E-state index in [1.165, 1.54) is 0 Å². The summed E-state index contributed by atoms with van der Waals surface area (Å²) in [6.07, 6.45) is 1.50. The highest BCUT2D eigenvalue weighted by atomic mass is 16.5. The molecule has 7 nitrogen and oxygen atoms in total. The Morgan fingerprint density at radius 2 is 2.15 bits per heavy atom. The minimum Gasteiger partial charge on any atom is -0.378 e. The molecule has 140 valence electrons. The van der Waals surface area contributed by atoms with E-state index in [2.05, 4.69) is 17.1 Å². The van der Waals surface area contributed by atoms with Gasteiger partial charge in [-0.1, -0.05) is 12.1 Å². The van der Waals surface area contributed by atoms with Gasteiger partial charge in [0.05, 0.1) is 18.8 Å². The molecule has 0 radical (unpaired) electrons. The fourth-order valence-electron chi connectivity index (χ4n) is 3.05. The largest absolute Gasteiger partial charge is 0.378 e. The molecule has 1 aliphatic rings. The number of carbonyl (C=O) groups is 1. The maximum atomic E-state index is 12.8. The fraction of sp³-hybridized carbons (Fsp3) is 0.526. The van der Waals surface area contributed by atoms with Gasteiger partial charge in [0.2, 0.25) is 0 Å². The molecule has 1 aliphatic heterocycles. The van der Waals surface area contributed by atoms with Crippen LogP contribution in [0.5, 0.6) is 0 Å². The average Bonchev–Trinajstić information content (AvgIpc) is 3.09. The molecule has 1 atom stereocenters. The molecule has 26 heavy (non-hydrogen) atoms. The molecule has 0 aromatic carbocycles. The molecule has 2 aromatic rings. The zero-order chi connectivity index (χ0) is 18.7. The highest BCUT2D eigenvalue weighted by molar-refractivity contribution is 5.92. The van der Waals surface area contributed by atoms with E-state index in [-0.39, 0.29) is 12.0 Å². The van der Waals surface area contributed by atoms with Gasteiger partial charge in [-0.25, -0.2) is 0 Å². The van der Waals surface area contributed by atoms with Gasteiger partial charge in [0.25, 0.3) is 5.91 Å². The molecular formula is C19H26N4O3. The second kappa shape index (κ2) is 7.86. The maximum Gasteiger partial charge on any atom is 0.276 e. The SMILES string of the molecule is CCCc1cc(C(=O)N2CCO[C@H](c3cc(N(C)C)cc(C)n3)C2)no1. The minimum absolute atomic E-state index is 0.120. The van der Waals surface area contributed by atoms with Crippen molar-refractivity contribution >= 4 is 11.6 Å². The van der Waals surface area contributed by atoms with E-state index in [0.29, 0.717) is 25.4 Å². The van der Waals surface area contributed by atoms with Gasteiger partial charge < -0.3 is 19.1 Å². The van der Waals surface area contributed by atoms with Gasteiger partial charge in [0.15, 0.2) is 5.69 Å². The van der Waals surface area contributed by atoms with Gasteiger partial charge >= 0.3 is 0 Å². The van der Waals surface area contributed by atoms with Crippen LogP contribution in [-0.2, 0) is 11.2 Å². The van der Waals surface area contributed by atoms with Crippen molar-refractivity contribution in [2.75, 3.05) is 38.7 Å². The number of morpholine rings is 1. The summed E-state index contributed by atoms with van der Waals surface area (Å²) in [4.78, 5) is 21.2. The zero-order valence-electron chi connectivity index (χ0n) is 15.9. The zero-order valence-corrected chi connectivity index (χ0v) is 15.9. The molecule has 1 amide bonds. The number of anilines is 1. The van der Waals surface area contributed by atoms with Crippen LogP contribution in [0, 0.1) is 6.92 Å². The Morgan fingerprint density at radius 3 is 2.88 bits per heavy atom. The number of pyridine rings is 1. The molecule has 1 fully saturated rings. The Labute approximate surface area is 153 Å². The lowest BCUT2D eigenvalue weighted by atomic mass is 10.1. The van der Waals surface area contributed by atoms with E-state index in [1.54, 1.807) is 11.0 Å². The van der Waals surface area contributed by atoms with E-state index < -0.39 is 0 Å². The first-order chi connectivity index (χ1) is 12.5. The van der Waals surface area contributed by atoms with Crippen LogP contribution < -0.4 is 4.90 Å². The highest BCUT2D eigenvalue weighted by Gasteiger charge is 2.29. The summed E-state index contributed by atoms with van der Waals surface area (Å²) in [6, 6.07) is 5.78. The smallest absolute Gasteiger partial charge is 0.276 e. The summed E-state index contributed by atoms with van der Waals surface area (Å²) in [5.41, 5.74) is 3.21. The van der Waals surface area contributed by atoms with Crippen molar-refractivity contribution < 1.29 is 14.1 Å². The summed E-state index contributed by atoms with van der Waals surface area (Å²) in [6.45, 7) is 5.50. The standard InChI is InChI=1S/C19H26N4O3/c1-5-6-15-11-17(21-26-15)19(24)23-7-8-25-18(12-23)16-10-14(22(3)4)9-13(2)20-16/h9-11,18H,5-8,12H2,1-4H3/t18-/m0/s1. The van der Waals surface area contributed by atoms with Crippen LogP contribution in [0.15, 0.2) is 22.7 Å². The summed E-state index contributed by atoms with van der Waals surface area (Å²) in [7, 11) is 3.99. The molecule has 0 spiro atoms. The van der Waals surface area contributed by atoms with E-state index >= 15 is 0 Å². The number of amides is 1. The van der Waals surface area contributed by atoms with E-state index in [9.17, 15) is 4.79 Å². The van der Waals surface area contributed by atoms with Crippen LogP contribution in [0.4, 0.5) is 5.69 Å². The number of carbonyl (C=O) groups excluding carboxylic acids is 1. The lowest BCUT2D eigenvalue weighted by Gasteiger charge is -2.32. The Morgan fingerprint density at radius 1 is 1.35 bits per heavy atom. The summed E-state index contributed by atoms with van der Waals surface area (Å²) >= 11 is 0. The third-order valence-corrected chi connectivity index (χ3v) is 4.43. The number of ether oxygens (including phenoxy) is 1. The Bertz CT molecular complexity index is 772. The van der Waals surface area contributed by atoms with Crippen molar-refractivity contribution in [2.45, 2.75) is 32.8 Å². The van der Waals surface area contributed by atoms with Gasteiger partial charge in [0, 0.05) is 44.5 Å². The second-order valence-electron chi connectivity index (χ2n) is 6.83. The molecule has 3 heterocycles. The van der Waals surface area contributed by atoms with Crippen LogP contribution in [0.25, 0.3) is 0 Å². The van der Waals surface area contributed by atoms with Gasteiger partial charge in [-0.05, 0) is 25.5 Å². The summed E-state index contributed by atoms with van der Waals surface area (Å²) in [5.74, 6) is 0.626. The molecule has 0 bridgehead atoms. The number of aryl methyl sites for hydroxylation is 2. The minimum atomic E-state index is -0.242. The van der Waals surface area contributed by atoms with Gasteiger partial charge in [-0.15, -0.1) is 0 Å². The third-order valence-electron chi connectivity index (χ3n) is 4.43. The van der Waals surface area contributed by atoms with Crippen LogP contribution in [0.1, 0.15) is 47.1 Å². The van der Waals surface area contributed by atoms with Crippen molar-refractivity contribution in [3.8, 4) is 0 Å². The average molecular weight is 358 g/mol. The summed E-state index contributed by atoms with van der Waals surface area (Å²) in [5, 5.41) is 3.93. The summed E-state index contributed by atoms with van der Waals surface area (Å²) < 4.78 is 11.1. The second-order valence-corrected chi connectivity index (χ2v) is 6.83. The first-order valence-corrected chi connectivity index (χ1v) is 9.00. The van der Waals surface area contributed by atoms with E-state index in [0.717, 1.165) is 35.7 Å². The first-order valence-electron chi connectivity index (χ1n) is 9.00. The molecule has 0 aliphatic carbocycles. The number of hydrogen-bond donors (Lipinski definition) is 0. The van der Waals surface area contributed by atoms with Crippen molar-refractivity contribution in [2.24, 2.45) is 0 Å². The van der Waals surface area contributed by atoms with Crippen LogP contribution in [-0.4, -0.2) is 54.7 Å². The molecule has 7 heteroatoms. The molecule has 0 saturated carbocycles. The normalized spacial score (nSPS) is 17.4. The number of hydrogen-bond acceptors (Lipinski definition) is 6. The lowest BCUT2D eigenvalue weighted by molar-refractivity contribution is -0.0250. The molecular weight excluding hydrogens is 332 g/mol. The molecule has 0 unspecified atom stereocenters. The van der Waals surface area contributed by atoms with Crippen LogP contribution >= 0.6 is 0 Å². The molecule has 1 saturated heterocycles. The topological polar surface area (TPSA) is 71.7 Å². The quantitative estimate of drug-likeness (QED) is 0.818. The predicted octanol–water partition coefficient (Wildman–Crippen LogP) is 2.61. The highest BCUT2D eigenvalue weighted by Crippen LogP contribution is 2.25. The lowest BCUT2D eigenvalue weighted by Crippen LogP contribution is -2.42. The first kappa shape index (κ1) is 18.4. The van der Waals surface area contributed by atoms with Crippen molar-refractivity contribution in [3.05, 3.63) is 41.0 Å². The maximum absolute atomic E-state index is 12.8. The molecule has 3 rings (SSSR count). The number of rotatable bonds is 5. The Balaban J connectivity index is 1.75. The van der Waals surface area contributed by atoms with Crippen molar-refractivity contribution in [1.29, 1.82) is 0 Å². The van der Waals surface area contributed by atoms with Gasteiger partial charge in [0.1, 0.15) is 11.9 Å². The predicted molar refractivity (Wildman–Crippen MR) is 98.4 cm³/mol. The van der Waals surface area contributed by atoms with Crippen molar-refractivity contribution in [1.82, 2.24) is 15.0 Å². The Hall–Kier alpha value is -2.41. The van der Waals surface area contributed by atoms with E-state index in [4.69, 9.17) is 9.26 Å². The number of aromatic nitrogens is 2. The van der Waals surface area contributed by atoms with Crippen molar-refractivity contribution in [3.63, 3.8) is 0 Å².